The molecule has 5 nitrogen and oxygen atoms in total. The molecule has 0 unspecified atom stereocenters. The molecule has 19 heavy (non-hydrogen) atoms. The highest BCUT2D eigenvalue weighted by Gasteiger charge is 2.01. The van der Waals surface area contributed by atoms with Crippen molar-refractivity contribution in [2.24, 2.45) is 5.84 Å². The van der Waals surface area contributed by atoms with Crippen LogP contribution in [0.4, 0.5) is 0 Å². The molecule has 3 N–H and O–H groups in total. The minimum atomic E-state index is -0.0777. The molecule has 0 aliphatic heterocycles. The number of carbonyl (C=O) groups excluding carboxylic acids is 1. The third-order valence-corrected chi connectivity index (χ3v) is 3.14. The second-order valence-corrected chi connectivity index (χ2v) is 4.79. The van der Waals surface area contributed by atoms with E-state index in [9.17, 15) is 4.79 Å². The lowest BCUT2D eigenvalue weighted by Gasteiger charge is -2.16. The van der Waals surface area contributed by atoms with Gasteiger partial charge >= 0.3 is 0 Å². The van der Waals surface area contributed by atoms with Crippen molar-refractivity contribution >= 4 is 5.91 Å². The van der Waals surface area contributed by atoms with E-state index in [-0.39, 0.29) is 5.91 Å². The first kappa shape index (κ1) is 15.6. The summed E-state index contributed by atoms with van der Waals surface area (Å²) in [5.74, 6) is 4.94. The Labute approximate surface area is 115 Å². The number of hydrazine groups is 1. The van der Waals surface area contributed by atoms with E-state index in [0.29, 0.717) is 6.42 Å². The molecule has 106 valence electrons. The number of rotatable bonds is 9. The molecule has 1 aromatic rings. The van der Waals surface area contributed by atoms with Crippen molar-refractivity contribution in [3.8, 4) is 0 Å². The van der Waals surface area contributed by atoms with Gasteiger partial charge in [0.1, 0.15) is 0 Å². The zero-order valence-electron chi connectivity index (χ0n) is 11.6. The van der Waals surface area contributed by atoms with E-state index >= 15 is 0 Å². The molecule has 0 atom stereocenters. The summed E-state index contributed by atoms with van der Waals surface area (Å²) in [4.78, 5) is 17.2. The van der Waals surface area contributed by atoms with Gasteiger partial charge in [0, 0.05) is 25.4 Å². The summed E-state index contributed by atoms with van der Waals surface area (Å²) in [5, 5.41) is 0. The quantitative estimate of drug-likeness (QED) is 0.303. The van der Waals surface area contributed by atoms with Crippen molar-refractivity contribution in [3.63, 3.8) is 0 Å². The van der Waals surface area contributed by atoms with Gasteiger partial charge in [0.15, 0.2) is 0 Å². The summed E-state index contributed by atoms with van der Waals surface area (Å²) in [6, 6.07) is 4.11. The summed E-state index contributed by atoms with van der Waals surface area (Å²) in [6.07, 6.45) is 8.32. The Balaban J connectivity index is 2.02. The summed E-state index contributed by atoms with van der Waals surface area (Å²) in [5.41, 5.74) is 3.47. The van der Waals surface area contributed by atoms with Crippen LogP contribution in [0.5, 0.6) is 0 Å². The minimum Gasteiger partial charge on any atom is -0.306 e. The number of aromatic nitrogens is 1. The molecule has 0 saturated carbocycles. The number of likely N-dealkylation sites (N-methyl/N-ethyl adjacent to an activating group) is 1. The zero-order valence-corrected chi connectivity index (χ0v) is 11.6. The molecule has 1 rings (SSSR count). The van der Waals surface area contributed by atoms with Crippen LogP contribution < -0.4 is 11.3 Å². The summed E-state index contributed by atoms with van der Waals surface area (Å²) < 4.78 is 0. The van der Waals surface area contributed by atoms with E-state index in [1.807, 2.05) is 12.4 Å². The SMILES string of the molecule is CN(CCCCCC(=O)NN)CCc1ccncc1. The molecule has 0 aliphatic rings. The van der Waals surface area contributed by atoms with Gasteiger partial charge in [-0.1, -0.05) is 6.42 Å². The van der Waals surface area contributed by atoms with Gasteiger partial charge in [0.25, 0.3) is 0 Å². The highest BCUT2D eigenvalue weighted by atomic mass is 16.2. The van der Waals surface area contributed by atoms with Gasteiger partial charge in [-0.2, -0.15) is 0 Å². The van der Waals surface area contributed by atoms with Crippen LogP contribution in [0.25, 0.3) is 0 Å². The predicted molar refractivity (Wildman–Crippen MR) is 76.2 cm³/mol. The maximum Gasteiger partial charge on any atom is 0.233 e. The fourth-order valence-electron chi connectivity index (χ4n) is 1.90. The Hall–Kier alpha value is -1.46. The molecule has 0 radical (unpaired) electrons. The van der Waals surface area contributed by atoms with Crippen LogP contribution in [-0.4, -0.2) is 35.9 Å². The Bertz CT molecular complexity index is 356. The van der Waals surface area contributed by atoms with Gasteiger partial charge in [-0.15, -0.1) is 0 Å². The molecule has 0 aliphatic carbocycles. The molecule has 5 heteroatoms. The van der Waals surface area contributed by atoms with E-state index in [1.54, 1.807) is 0 Å². The van der Waals surface area contributed by atoms with Crippen LogP contribution >= 0.6 is 0 Å². The predicted octanol–water partition coefficient (Wildman–Crippen LogP) is 1.11. The topological polar surface area (TPSA) is 71.2 Å². The van der Waals surface area contributed by atoms with Crippen molar-refractivity contribution < 1.29 is 4.79 Å². The van der Waals surface area contributed by atoms with Crippen LogP contribution in [0.1, 0.15) is 31.2 Å². The maximum atomic E-state index is 10.9. The van der Waals surface area contributed by atoms with E-state index in [0.717, 1.165) is 38.8 Å². The molecule has 0 bridgehead atoms. The minimum absolute atomic E-state index is 0.0777. The van der Waals surface area contributed by atoms with E-state index in [4.69, 9.17) is 5.84 Å². The molecule has 0 aromatic carbocycles. The highest BCUT2D eigenvalue weighted by Crippen LogP contribution is 2.03. The molecular formula is C14H24N4O. The van der Waals surface area contributed by atoms with Crippen LogP contribution in [-0.2, 0) is 11.2 Å². The second kappa shape index (κ2) is 9.47. The van der Waals surface area contributed by atoms with Crippen LogP contribution in [0.2, 0.25) is 0 Å². The van der Waals surface area contributed by atoms with Crippen molar-refractivity contribution in [2.45, 2.75) is 32.1 Å². The van der Waals surface area contributed by atoms with Crippen LogP contribution in [0, 0.1) is 0 Å². The van der Waals surface area contributed by atoms with Gasteiger partial charge in [0.2, 0.25) is 5.91 Å². The summed E-state index contributed by atoms with van der Waals surface area (Å²) in [6.45, 7) is 2.11. The number of hydrogen-bond acceptors (Lipinski definition) is 4. The fourth-order valence-corrected chi connectivity index (χ4v) is 1.90. The molecule has 1 amide bonds. The number of nitrogens with two attached hydrogens (primary N) is 1. The molecule has 0 fully saturated rings. The number of hydrogen-bond donors (Lipinski definition) is 2. The van der Waals surface area contributed by atoms with Crippen LogP contribution in [0.15, 0.2) is 24.5 Å². The van der Waals surface area contributed by atoms with Crippen molar-refractivity contribution in [3.05, 3.63) is 30.1 Å². The number of carbonyl (C=O) groups is 1. The Morgan fingerprint density at radius 1 is 1.26 bits per heavy atom. The van der Waals surface area contributed by atoms with Crippen molar-refractivity contribution in [1.29, 1.82) is 0 Å². The molecule has 1 aromatic heterocycles. The standard InChI is InChI=1S/C14H24N4O/c1-18(11-4-2-3-5-14(19)17-15)12-8-13-6-9-16-10-7-13/h6-7,9-10H,2-5,8,11-12,15H2,1H3,(H,17,19). The average Bonchev–Trinajstić information content (AvgIpc) is 2.45. The Morgan fingerprint density at radius 2 is 2.00 bits per heavy atom. The first-order chi connectivity index (χ1) is 9.22. The monoisotopic (exact) mass is 264 g/mol. The zero-order chi connectivity index (χ0) is 13.9. The van der Waals surface area contributed by atoms with Gasteiger partial charge in [-0.05, 0) is 50.6 Å². The van der Waals surface area contributed by atoms with Crippen molar-refractivity contribution in [1.82, 2.24) is 15.3 Å². The first-order valence-corrected chi connectivity index (χ1v) is 6.79. The molecule has 1 heterocycles. The smallest absolute Gasteiger partial charge is 0.233 e. The van der Waals surface area contributed by atoms with E-state index < -0.39 is 0 Å². The Morgan fingerprint density at radius 3 is 2.68 bits per heavy atom. The lowest BCUT2D eigenvalue weighted by Crippen LogP contribution is -2.29. The number of nitrogens with one attached hydrogen (secondary N) is 1. The lowest BCUT2D eigenvalue weighted by atomic mass is 10.1. The largest absolute Gasteiger partial charge is 0.306 e. The molecule has 0 spiro atoms. The number of pyridine rings is 1. The fraction of sp³-hybridized carbons (Fsp3) is 0.571. The molecule has 0 saturated heterocycles. The second-order valence-electron chi connectivity index (χ2n) is 4.79. The lowest BCUT2D eigenvalue weighted by molar-refractivity contribution is -0.121. The third-order valence-electron chi connectivity index (χ3n) is 3.14. The maximum absolute atomic E-state index is 10.9. The number of amides is 1. The van der Waals surface area contributed by atoms with Crippen molar-refractivity contribution in [2.75, 3.05) is 20.1 Å². The molecular weight excluding hydrogens is 240 g/mol. The normalized spacial score (nSPS) is 10.7. The summed E-state index contributed by atoms with van der Waals surface area (Å²) >= 11 is 0. The van der Waals surface area contributed by atoms with E-state index in [2.05, 4.69) is 34.5 Å². The number of nitrogens with zero attached hydrogens (tertiary/aromatic N) is 2. The van der Waals surface area contributed by atoms with Gasteiger partial charge < -0.3 is 4.90 Å². The van der Waals surface area contributed by atoms with Gasteiger partial charge in [-0.25, -0.2) is 5.84 Å². The number of unbranched alkanes of at least 4 members (excludes halogenated alkanes) is 2. The summed E-state index contributed by atoms with van der Waals surface area (Å²) in [7, 11) is 2.13. The first-order valence-electron chi connectivity index (χ1n) is 6.79. The average molecular weight is 264 g/mol. The van der Waals surface area contributed by atoms with Gasteiger partial charge in [0.05, 0.1) is 0 Å². The van der Waals surface area contributed by atoms with Crippen LogP contribution in [0.3, 0.4) is 0 Å². The van der Waals surface area contributed by atoms with Gasteiger partial charge in [-0.3, -0.25) is 15.2 Å². The highest BCUT2D eigenvalue weighted by molar-refractivity contribution is 5.74. The van der Waals surface area contributed by atoms with E-state index in [1.165, 1.54) is 5.56 Å². The Kier molecular flexibility index (Phi) is 7.77. The third kappa shape index (κ3) is 7.54.